The first-order chi connectivity index (χ1) is 9.53. The highest BCUT2D eigenvalue weighted by Crippen LogP contribution is 2.14. The second-order valence-electron chi connectivity index (χ2n) is 3.98. The predicted octanol–water partition coefficient (Wildman–Crippen LogP) is 2.28. The molecule has 1 aromatic heterocycles. The zero-order chi connectivity index (χ0) is 14.6. The summed E-state index contributed by atoms with van der Waals surface area (Å²) in [5.74, 6) is -0.731. The maximum Gasteiger partial charge on any atom is 0.240 e. The second-order valence-corrected chi connectivity index (χ2v) is 6.78. The van der Waals surface area contributed by atoms with Crippen LogP contribution in [-0.2, 0) is 16.4 Å². The highest BCUT2D eigenvalue weighted by molar-refractivity contribution is 7.89. The Morgan fingerprint density at radius 2 is 2.15 bits per heavy atom. The van der Waals surface area contributed by atoms with Crippen LogP contribution in [0.15, 0.2) is 40.6 Å². The maximum atomic E-state index is 13.2. The van der Waals surface area contributed by atoms with E-state index in [1.54, 1.807) is 17.4 Å². The molecule has 4 nitrogen and oxygen atoms in total. The molecule has 1 aromatic carbocycles. The van der Waals surface area contributed by atoms with E-state index in [0.29, 0.717) is 6.42 Å². The lowest BCUT2D eigenvalue weighted by Crippen LogP contribution is -2.26. The van der Waals surface area contributed by atoms with Gasteiger partial charge in [0, 0.05) is 11.4 Å². The van der Waals surface area contributed by atoms with Crippen molar-refractivity contribution in [1.82, 2.24) is 4.72 Å². The molecule has 1 N–H and O–H groups in total. The van der Waals surface area contributed by atoms with Crippen molar-refractivity contribution in [3.8, 4) is 6.07 Å². The Bertz CT molecular complexity index is 734. The summed E-state index contributed by atoms with van der Waals surface area (Å²) in [5.41, 5.74) is -0.286. The van der Waals surface area contributed by atoms with Crippen molar-refractivity contribution >= 4 is 21.4 Å². The minimum Gasteiger partial charge on any atom is -0.211 e. The van der Waals surface area contributed by atoms with Crippen LogP contribution >= 0.6 is 11.3 Å². The molecule has 0 radical (unpaired) electrons. The third-order valence-electron chi connectivity index (χ3n) is 2.61. The summed E-state index contributed by atoms with van der Waals surface area (Å²) in [6, 6.07) is 8.59. The van der Waals surface area contributed by atoms with Gasteiger partial charge in [-0.05, 0) is 36.1 Å². The normalized spacial score (nSPS) is 11.2. The van der Waals surface area contributed by atoms with Gasteiger partial charge in [0.1, 0.15) is 11.9 Å². The van der Waals surface area contributed by atoms with Crippen LogP contribution in [0.25, 0.3) is 0 Å². The number of halogens is 1. The summed E-state index contributed by atoms with van der Waals surface area (Å²) in [6.07, 6.45) is 0.587. The molecular formula is C13H11FN2O2S2. The number of hydrogen-bond donors (Lipinski definition) is 1. The average Bonchev–Trinajstić information content (AvgIpc) is 2.92. The van der Waals surface area contributed by atoms with Gasteiger partial charge >= 0.3 is 0 Å². The number of nitrogens with one attached hydrogen (secondary N) is 1. The molecule has 0 aliphatic carbocycles. The van der Waals surface area contributed by atoms with Crippen molar-refractivity contribution in [1.29, 1.82) is 5.26 Å². The van der Waals surface area contributed by atoms with E-state index in [9.17, 15) is 12.8 Å². The molecule has 0 atom stereocenters. The van der Waals surface area contributed by atoms with Crippen LogP contribution < -0.4 is 4.72 Å². The summed E-state index contributed by atoms with van der Waals surface area (Å²) >= 11 is 1.55. The molecule has 0 saturated heterocycles. The highest BCUT2D eigenvalue weighted by atomic mass is 32.2. The minimum atomic E-state index is -3.73. The molecule has 0 aliphatic rings. The van der Waals surface area contributed by atoms with Gasteiger partial charge in [0.25, 0.3) is 0 Å². The van der Waals surface area contributed by atoms with E-state index in [2.05, 4.69) is 4.72 Å². The predicted molar refractivity (Wildman–Crippen MR) is 74.3 cm³/mol. The molecule has 0 saturated carbocycles. The van der Waals surface area contributed by atoms with E-state index in [1.165, 1.54) is 0 Å². The van der Waals surface area contributed by atoms with Gasteiger partial charge in [-0.25, -0.2) is 17.5 Å². The third kappa shape index (κ3) is 3.42. The number of rotatable bonds is 5. The Morgan fingerprint density at radius 1 is 1.35 bits per heavy atom. The SMILES string of the molecule is N#Cc1cc(S(=O)(=O)NCCc2cccs2)ccc1F. The van der Waals surface area contributed by atoms with E-state index in [4.69, 9.17) is 5.26 Å². The van der Waals surface area contributed by atoms with Gasteiger partial charge in [-0.15, -0.1) is 11.3 Å². The first-order valence-corrected chi connectivity index (χ1v) is 8.11. The monoisotopic (exact) mass is 310 g/mol. The topological polar surface area (TPSA) is 70.0 Å². The highest BCUT2D eigenvalue weighted by Gasteiger charge is 2.15. The summed E-state index contributed by atoms with van der Waals surface area (Å²) in [7, 11) is -3.73. The molecule has 1 heterocycles. The fourth-order valence-electron chi connectivity index (χ4n) is 1.60. The van der Waals surface area contributed by atoms with Crippen molar-refractivity contribution in [3.63, 3.8) is 0 Å². The number of sulfonamides is 1. The molecule has 104 valence electrons. The van der Waals surface area contributed by atoms with Gasteiger partial charge in [0.05, 0.1) is 10.5 Å². The van der Waals surface area contributed by atoms with Crippen molar-refractivity contribution in [2.45, 2.75) is 11.3 Å². The van der Waals surface area contributed by atoms with Gasteiger partial charge in [0.2, 0.25) is 10.0 Å². The lowest BCUT2D eigenvalue weighted by molar-refractivity contribution is 0.580. The Balaban J connectivity index is 2.08. The van der Waals surface area contributed by atoms with E-state index in [0.717, 1.165) is 23.1 Å². The molecule has 20 heavy (non-hydrogen) atoms. The van der Waals surface area contributed by atoms with Crippen molar-refractivity contribution in [2.24, 2.45) is 0 Å². The van der Waals surface area contributed by atoms with Gasteiger partial charge in [-0.3, -0.25) is 0 Å². The molecule has 7 heteroatoms. The molecule has 0 aliphatic heterocycles. The van der Waals surface area contributed by atoms with Crippen LogP contribution in [0.3, 0.4) is 0 Å². The number of thiophene rings is 1. The third-order valence-corrected chi connectivity index (χ3v) is 5.01. The van der Waals surface area contributed by atoms with Gasteiger partial charge in [-0.2, -0.15) is 5.26 Å². The van der Waals surface area contributed by atoms with E-state index >= 15 is 0 Å². The molecule has 2 aromatic rings. The lowest BCUT2D eigenvalue weighted by atomic mass is 10.2. The van der Waals surface area contributed by atoms with E-state index in [1.807, 2.05) is 17.5 Å². The van der Waals surface area contributed by atoms with Gasteiger partial charge in [0.15, 0.2) is 0 Å². The molecule has 0 fully saturated rings. The van der Waals surface area contributed by atoms with Crippen molar-refractivity contribution in [3.05, 3.63) is 52.0 Å². The van der Waals surface area contributed by atoms with Crippen molar-refractivity contribution in [2.75, 3.05) is 6.54 Å². The fraction of sp³-hybridized carbons (Fsp3) is 0.154. The molecule has 0 spiro atoms. The van der Waals surface area contributed by atoms with Gasteiger partial charge < -0.3 is 0 Å². The van der Waals surface area contributed by atoms with Crippen LogP contribution in [0.1, 0.15) is 10.4 Å². The number of benzene rings is 1. The van der Waals surface area contributed by atoms with Crippen molar-refractivity contribution < 1.29 is 12.8 Å². The van der Waals surface area contributed by atoms with Crippen LogP contribution in [-0.4, -0.2) is 15.0 Å². The Kier molecular flexibility index (Phi) is 4.49. The van der Waals surface area contributed by atoms with Gasteiger partial charge in [-0.1, -0.05) is 6.07 Å². The number of nitrogens with zero attached hydrogens (tertiary/aromatic N) is 1. The largest absolute Gasteiger partial charge is 0.240 e. The summed E-state index contributed by atoms with van der Waals surface area (Å²) in [6.45, 7) is 0.252. The molecular weight excluding hydrogens is 299 g/mol. The second kappa shape index (κ2) is 6.13. The summed E-state index contributed by atoms with van der Waals surface area (Å²) in [4.78, 5) is 0.964. The lowest BCUT2D eigenvalue weighted by Gasteiger charge is -2.06. The Labute approximate surface area is 120 Å². The van der Waals surface area contributed by atoms with Crippen LogP contribution in [0.4, 0.5) is 4.39 Å². The Morgan fingerprint density at radius 3 is 2.80 bits per heavy atom. The number of nitriles is 1. The summed E-state index contributed by atoms with van der Waals surface area (Å²) in [5, 5.41) is 10.6. The molecule has 0 bridgehead atoms. The zero-order valence-corrected chi connectivity index (χ0v) is 12.0. The van der Waals surface area contributed by atoms with E-state index in [-0.39, 0.29) is 17.0 Å². The smallest absolute Gasteiger partial charge is 0.211 e. The fourth-order valence-corrected chi connectivity index (χ4v) is 3.37. The van der Waals surface area contributed by atoms with Crippen LogP contribution in [0.5, 0.6) is 0 Å². The average molecular weight is 310 g/mol. The molecule has 0 amide bonds. The van der Waals surface area contributed by atoms with E-state index < -0.39 is 15.8 Å². The zero-order valence-electron chi connectivity index (χ0n) is 10.3. The molecule has 2 rings (SSSR count). The minimum absolute atomic E-state index is 0.110. The maximum absolute atomic E-state index is 13.2. The summed E-state index contributed by atoms with van der Waals surface area (Å²) < 4.78 is 39.6. The first kappa shape index (κ1) is 14.7. The Hall–Kier alpha value is -1.75. The van der Waals surface area contributed by atoms with Crippen LogP contribution in [0, 0.1) is 17.1 Å². The standard InChI is InChI=1S/C13H11FN2O2S2/c14-13-4-3-12(8-10(13)9-15)20(17,18)16-6-5-11-2-1-7-19-11/h1-4,7-8,16H,5-6H2. The van der Waals surface area contributed by atoms with Crippen LogP contribution in [0.2, 0.25) is 0 Å². The first-order valence-electron chi connectivity index (χ1n) is 5.74. The molecule has 0 unspecified atom stereocenters. The number of hydrogen-bond acceptors (Lipinski definition) is 4. The quantitative estimate of drug-likeness (QED) is 0.921.